The zero-order valence-electron chi connectivity index (χ0n) is 13.7. The number of nitrogens with one attached hydrogen (secondary N) is 1. The number of ether oxygens (including phenoxy) is 2. The predicted octanol–water partition coefficient (Wildman–Crippen LogP) is 3.71. The van der Waals surface area contributed by atoms with Crippen LogP contribution in [0.25, 0.3) is 0 Å². The second-order valence-corrected chi connectivity index (χ2v) is 7.33. The molecule has 2 aromatic rings. The smallest absolute Gasteiger partial charge is 0.314 e. The molecule has 1 aliphatic carbocycles. The van der Waals surface area contributed by atoms with Crippen molar-refractivity contribution in [2.24, 2.45) is 5.92 Å². The first-order chi connectivity index (χ1) is 12.2. The number of carbonyl (C=O) groups excluding carboxylic acids is 2. The van der Waals surface area contributed by atoms with Gasteiger partial charge in [-0.1, -0.05) is 0 Å². The Hall–Kier alpha value is -2.18. The maximum absolute atomic E-state index is 12.2. The maximum atomic E-state index is 12.2. The van der Waals surface area contributed by atoms with Gasteiger partial charge in [0.15, 0.2) is 0 Å². The highest BCUT2D eigenvalue weighted by molar-refractivity contribution is 7.10. The predicted molar refractivity (Wildman–Crippen MR) is 94.8 cm³/mol. The van der Waals surface area contributed by atoms with Gasteiger partial charge in [-0.25, -0.2) is 0 Å². The Bertz CT molecular complexity index is 779. The summed E-state index contributed by atoms with van der Waals surface area (Å²) in [4.78, 5) is 25.1. The first kappa shape index (κ1) is 16.3. The van der Waals surface area contributed by atoms with Gasteiger partial charge in [0.2, 0.25) is 5.91 Å². The fourth-order valence-corrected chi connectivity index (χ4v) is 3.90. The fourth-order valence-electron chi connectivity index (χ4n) is 2.90. The van der Waals surface area contributed by atoms with Gasteiger partial charge in [-0.2, -0.15) is 0 Å². The van der Waals surface area contributed by atoms with Crippen LogP contribution in [0.3, 0.4) is 0 Å². The molecule has 130 valence electrons. The van der Waals surface area contributed by atoms with E-state index in [1.165, 1.54) is 5.56 Å². The molecule has 0 bridgehead atoms. The van der Waals surface area contributed by atoms with Crippen LogP contribution in [0.5, 0.6) is 5.75 Å². The van der Waals surface area contributed by atoms with Crippen LogP contribution in [-0.4, -0.2) is 18.5 Å². The molecular weight excluding hydrogens is 338 g/mol. The summed E-state index contributed by atoms with van der Waals surface area (Å²) in [6.07, 6.45) is 2.83. The van der Waals surface area contributed by atoms with E-state index < -0.39 is 0 Å². The quantitative estimate of drug-likeness (QED) is 0.654. The zero-order valence-corrected chi connectivity index (χ0v) is 14.5. The molecule has 1 amide bonds. The number of rotatable bonds is 5. The molecule has 1 atom stereocenters. The maximum Gasteiger partial charge on any atom is 0.314 e. The van der Waals surface area contributed by atoms with Gasteiger partial charge >= 0.3 is 5.97 Å². The van der Waals surface area contributed by atoms with E-state index in [-0.39, 0.29) is 30.3 Å². The standard InChI is InChI=1S/C19H19NO4S/c21-17(11-16-18-12(7-9-23-16)8-10-25-18)24-15-5-3-14(4-6-15)20-19(22)13-1-2-13/h3-6,8,10,13,16H,1-2,7,9,11H2,(H,20,22). The van der Waals surface area contributed by atoms with Crippen molar-refractivity contribution < 1.29 is 19.1 Å². The lowest BCUT2D eigenvalue weighted by Gasteiger charge is -2.22. The SMILES string of the molecule is O=C(CC1OCCc2ccsc21)Oc1ccc(NC(=O)C2CC2)cc1. The molecule has 1 N–H and O–H groups in total. The third kappa shape index (κ3) is 3.91. The lowest BCUT2D eigenvalue weighted by atomic mass is 10.1. The molecule has 0 saturated heterocycles. The second kappa shape index (κ2) is 6.98. The van der Waals surface area contributed by atoms with E-state index in [0.717, 1.165) is 29.8 Å². The van der Waals surface area contributed by atoms with Crippen LogP contribution < -0.4 is 10.1 Å². The number of benzene rings is 1. The number of fused-ring (bicyclic) bond motifs is 1. The van der Waals surface area contributed by atoms with Gasteiger partial charge in [0.25, 0.3) is 0 Å². The van der Waals surface area contributed by atoms with Gasteiger partial charge in [-0.3, -0.25) is 9.59 Å². The molecule has 25 heavy (non-hydrogen) atoms. The Balaban J connectivity index is 1.33. The van der Waals surface area contributed by atoms with Crippen LogP contribution in [0.15, 0.2) is 35.7 Å². The summed E-state index contributed by atoms with van der Waals surface area (Å²) in [5, 5.41) is 4.89. The van der Waals surface area contributed by atoms with Crippen molar-refractivity contribution in [3.8, 4) is 5.75 Å². The van der Waals surface area contributed by atoms with Crippen molar-refractivity contribution in [2.45, 2.75) is 31.8 Å². The Morgan fingerprint density at radius 3 is 2.76 bits per heavy atom. The van der Waals surface area contributed by atoms with Crippen LogP contribution >= 0.6 is 11.3 Å². The van der Waals surface area contributed by atoms with E-state index >= 15 is 0 Å². The minimum absolute atomic E-state index is 0.0611. The lowest BCUT2D eigenvalue weighted by Crippen LogP contribution is -2.19. The topological polar surface area (TPSA) is 64.6 Å². The van der Waals surface area contributed by atoms with E-state index in [1.807, 2.05) is 5.38 Å². The minimum Gasteiger partial charge on any atom is -0.426 e. The number of hydrogen-bond donors (Lipinski definition) is 1. The van der Waals surface area contributed by atoms with Crippen molar-refractivity contribution in [1.82, 2.24) is 0 Å². The Morgan fingerprint density at radius 2 is 2.00 bits per heavy atom. The number of amides is 1. The fraction of sp³-hybridized carbons (Fsp3) is 0.368. The summed E-state index contributed by atoms with van der Waals surface area (Å²) in [6, 6.07) is 8.97. The number of anilines is 1. The molecule has 2 aliphatic rings. The molecule has 1 saturated carbocycles. The van der Waals surface area contributed by atoms with Crippen molar-refractivity contribution in [1.29, 1.82) is 0 Å². The summed E-state index contributed by atoms with van der Waals surface area (Å²) in [7, 11) is 0. The normalized spacial score (nSPS) is 19.1. The van der Waals surface area contributed by atoms with Gasteiger partial charge in [0.1, 0.15) is 11.9 Å². The molecule has 5 nitrogen and oxygen atoms in total. The average Bonchev–Trinajstić information content (AvgIpc) is 3.34. The lowest BCUT2D eigenvalue weighted by molar-refractivity contribution is -0.137. The molecule has 1 aliphatic heterocycles. The van der Waals surface area contributed by atoms with E-state index in [0.29, 0.717) is 12.4 Å². The largest absolute Gasteiger partial charge is 0.426 e. The zero-order chi connectivity index (χ0) is 17.2. The molecule has 1 aromatic heterocycles. The molecule has 0 spiro atoms. The molecular formula is C19H19NO4S. The highest BCUT2D eigenvalue weighted by Gasteiger charge is 2.29. The summed E-state index contributed by atoms with van der Waals surface area (Å²) >= 11 is 1.62. The Kier molecular flexibility index (Phi) is 4.55. The third-order valence-electron chi connectivity index (χ3n) is 4.42. The van der Waals surface area contributed by atoms with E-state index in [9.17, 15) is 9.59 Å². The van der Waals surface area contributed by atoms with Crippen molar-refractivity contribution in [3.05, 3.63) is 46.2 Å². The van der Waals surface area contributed by atoms with Crippen LogP contribution in [-0.2, 0) is 20.7 Å². The number of carbonyl (C=O) groups is 2. The molecule has 4 rings (SSSR count). The summed E-state index contributed by atoms with van der Waals surface area (Å²) < 4.78 is 11.1. The molecule has 1 aromatic carbocycles. The first-order valence-corrected chi connectivity index (χ1v) is 9.36. The number of esters is 1. The van der Waals surface area contributed by atoms with E-state index in [2.05, 4.69) is 11.4 Å². The van der Waals surface area contributed by atoms with E-state index in [1.54, 1.807) is 35.6 Å². The van der Waals surface area contributed by atoms with Gasteiger partial charge in [-0.15, -0.1) is 11.3 Å². The first-order valence-electron chi connectivity index (χ1n) is 8.48. The molecule has 1 fully saturated rings. The van der Waals surface area contributed by atoms with Crippen LogP contribution in [0.4, 0.5) is 5.69 Å². The van der Waals surface area contributed by atoms with Crippen LogP contribution in [0.2, 0.25) is 0 Å². The molecule has 0 radical (unpaired) electrons. The molecule has 1 unspecified atom stereocenters. The van der Waals surface area contributed by atoms with Gasteiger partial charge in [-0.05, 0) is 60.5 Å². The number of thiophene rings is 1. The number of hydrogen-bond acceptors (Lipinski definition) is 5. The summed E-state index contributed by atoms with van der Waals surface area (Å²) in [5.74, 6) is 0.374. The highest BCUT2D eigenvalue weighted by Crippen LogP contribution is 2.34. The van der Waals surface area contributed by atoms with Crippen LogP contribution in [0.1, 0.15) is 35.8 Å². The summed E-state index contributed by atoms with van der Waals surface area (Å²) in [5.41, 5.74) is 1.99. The monoisotopic (exact) mass is 357 g/mol. The molecule has 2 heterocycles. The summed E-state index contributed by atoms with van der Waals surface area (Å²) in [6.45, 7) is 0.636. The average molecular weight is 357 g/mol. The second-order valence-electron chi connectivity index (χ2n) is 6.39. The van der Waals surface area contributed by atoms with Crippen molar-refractivity contribution >= 4 is 28.9 Å². The van der Waals surface area contributed by atoms with Gasteiger partial charge in [0, 0.05) is 16.5 Å². The minimum atomic E-state index is -0.319. The van der Waals surface area contributed by atoms with Crippen molar-refractivity contribution in [2.75, 3.05) is 11.9 Å². The van der Waals surface area contributed by atoms with Crippen LogP contribution in [0, 0.1) is 5.92 Å². The third-order valence-corrected chi connectivity index (χ3v) is 5.47. The Labute approximate surface area is 150 Å². The van der Waals surface area contributed by atoms with Crippen molar-refractivity contribution in [3.63, 3.8) is 0 Å². The van der Waals surface area contributed by atoms with E-state index in [4.69, 9.17) is 9.47 Å². The Morgan fingerprint density at radius 1 is 1.20 bits per heavy atom. The van der Waals surface area contributed by atoms with Gasteiger partial charge < -0.3 is 14.8 Å². The van der Waals surface area contributed by atoms with Gasteiger partial charge in [0.05, 0.1) is 13.0 Å². The highest BCUT2D eigenvalue weighted by atomic mass is 32.1. The molecule has 6 heteroatoms.